The van der Waals surface area contributed by atoms with E-state index in [0.717, 1.165) is 22.6 Å². The summed E-state index contributed by atoms with van der Waals surface area (Å²) in [5, 5.41) is 4.42. The molecule has 3 aromatic carbocycles. The van der Waals surface area contributed by atoms with Gasteiger partial charge in [-0.2, -0.15) is 18.3 Å². The van der Waals surface area contributed by atoms with Crippen LogP contribution in [-0.4, -0.2) is 18.7 Å². The molecule has 0 saturated heterocycles. The molecule has 3 rings (SSSR count). The Hall–Kier alpha value is -2.97. The molecular weight excluding hydrogens is 461 g/mol. The molecule has 0 saturated carbocycles. The molecule has 0 aliphatic rings. The van der Waals surface area contributed by atoms with Crippen molar-refractivity contribution in [3.8, 4) is 5.75 Å². The number of ether oxygens (including phenoxy) is 1. The monoisotopic (exact) mass is 478 g/mol. The number of carbonyl (C=O) groups is 1. The molecule has 32 heavy (non-hydrogen) atoms. The Morgan fingerprint density at radius 2 is 1.72 bits per heavy atom. The van der Waals surface area contributed by atoms with Crippen molar-refractivity contribution in [1.29, 1.82) is 0 Å². The van der Waals surface area contributed by atoms with Crippen molar-refractivity contribution in [2.24, 2.45) is 5.10 Å². The van der Waals surface area contributed by atoms with Gasteiger partial charge in [-0.1, -0.05) is 41.9 Å². The lowest BCUT2D eigenvalue weighted by molar-refractivity contribution is -0.137. The van der Waals surface area contributed by atoms with Crippen molar-refractivity contribution in [3.63, 3.8) is 0 Å². The zero-order valence-corrected chi connectivity index (χ0v) is 18.2. The van der Waals surface area contributed by atoms with Gasteiger partial charge in [0.1, 0.15) is 5.75 Å². The number of hydrazone groups is 1. The summed E-state index contributed by atoms with van der Waals surface area (Å²) < 4.78 is 43.3. The van der Waals surface area contributed by atoms with Gasteiger partial charge < -0.3 is 4.74 Å². The van der Waals surface area contributed by atoms with Crippen LogP contribution in [0.15, 0.2) is 82.8 Å². The topological polar surface area (TPSA) is 50.7 Å². The number of nitrogens with zero attached hydrogens (tertiary/aromatic N) is 1. The average molecular weight is 479 g/mol. The van der Waals surface area contributed by atoms with E-state index in [4.69, 9.17) is 16.3 Å². The largest absolute Gasteiger partial charge is 0.483 e. The van der Waals surface area contributed by atoms with E-state index in [1.165, 1.54) is 18.3 Å². The second-order valence-corrected chi connectivity index (χ2v) is 8.04. The Morgan fingerprint density at radius 1 is 1.03 bits per heavy atom. The molecule has 1 N–H and O–H groups in total. The minimum absolute atomic E-state index is 0.257. The zero-order chi connectivity index (χ0) is 23.0. The molecule has 0 unspecified atom stereocenters. The Morgan fingerprint density at radius 3 is 2.41 bits per heavy atom. The quantitative estimate of drug-likeness (QED) is 0.239. The second-order valence-electron chi connectivity index (χ2n) is 6.55. The first-order valence-electron chi connectivity index (χ1n) is 9.39. The van der Waals surface area contributed by atoms with Crippen LogP contribution in [0.4, 0.5) is 13.2 Å². The van der Waals surface area contributed by atoms with Gasteiger partial charge in [0.15, 0.2) is 6.61 Å². The van der Waals surface area contributed by atoms with Crippen LogP contribution in [0.5, 0.6) is 5.75 Å². The van der Waals surface area contributed by atoms with E-state index in [1.54, 1.807) is 17.8 Å². The fraction of sp³-hybridized carbons (Fsp3) is 0.130. The number of para-hydroxylation sites is 1. The van der Waals surface area contributed by atoms with E-state index in [2.05, 4.69) is 10.5 Å². The Kier molecular flexibility index (Phi) is 8.19. The first-order chi connectivity index (χ1) is 15.3. The van der Waals surface area contributed by atoms with Gasteiger partial charge in [0.05, 0.1) is 11.8 Å². The van der Waals surface area contributed by atoms with E-state index in [0.29, 0.717) is 22.1 Å². The predicted octanol–water partition coefficient (Wildman–Crippen LogP) is 6.18. The van der Waals surface area contributed by atoms with Crippen LogP contribution in [0.3, 0.4) is 0 Å². The molecule has 0 radical (unpaired) electrons. The SMILES string of the molecule is O=C(COc1ccccc1CSc1ccc(Cl)cc1)N/N=C/c1ccc(C(F)(F)F)cc1. The molecule has 0 atom stereocenters. The van der Waals surface area contributed by atoms with Crippen molar-refractivity contribution < 1.29 is 22.7 Å². The lowest BCUT2D eigenvalue weighted by Gasteiger charge is -2.10. The number of benzene rings is 3. The first-order valence-corrected chi connectivity index (χ1v) is 10.8. The summed E-state index contributed by atoms with van der Waals surface area (Å²) in [4.78, 5) is 13.1. The molecule has 166 valence electrons. The zero-order valence-electron chi connectivity index (χ0n) is 16.6. The van der Waals surface area contributed by atoms with Gasteiger partial charge >= 0.3 is 6.18 Å². The Bertz CT molecular complexity index is 1070. The van der Waals surface area contributed by atoms with E-state index in [-0.39, 0.29) is 6.61 Å². The number of rotatable bonds is 8. The molecule has 0 spiro atoms. The number of halogens is 4. The third-order valence-electron chi connectivity index (χ3n) is 4.18. The lowest BCUT2D eigenvalue weighted by Crippen LogP contribution is -2.24. The van der Waals surface area contributed by atoms with E-state index in [9.17, 15) is 18.0 Å². The normalized spacial score (nSPS) is 11.5. The molecule has 0 heterocycles. The number of nitrogens with one attached hydrogen (secondary N) is 1. The number of alkyl halides is 3. The number of hydrogen-bond acceptors (Lipinski definition) is 4. The van der Waals surface area contributed by atoms with Crippen molar-refractivity contribution in [1.82, 2.24) is 5.43 Å². The summed E-state index contributed by atoms with van der Waals surface area (Å²) in [7, 11) is 0. The molecule has 1 amide bonds. The van der Waals surface area contributed by atoms with Gasteiger partial charge in [-0.3, -0.25) is 4.79 Å². The predicted molar refractivity (Wildman–Crippen MR) is 120 cm³/mol. The smallest absolute Gasteiger partial charge is 0.416 e. The molecule has 3 aromatic rings. The lowest BCUT2D eigenvalue weighted by atomic mass is 10.1. The van der Waals surface area contributed by atoms with Crippen molar-refractivity contribution in [2.45, 2.75) is 16.8 Å². The first kappa shape index (κ1) is 23.7. The summed E-state index contributed by atoms with van der Waals surface area (Å²) in [6.07, 6.45) is -3.14. The molecule has 4 nitrogen and oxygen atoms in total. The van der Waals surface area contributed by atoms with Crippen LogP contribution in [0.25, 0.3) is 0 Å². The highest BCUT2D eigenvalue weighted by molar-refractivity contribution is 7.98. The molecule has 9 heteroatoms. The van der Waals surface area contributed by atoms with Gasteiger partial charge in [-0.15, -0.1) is 11.8 Å². The molecule has 0 fully saturated rings. The number of hydrogen-bond donors (Lipinski definition) is 1. The van der Waals surface area contributed by atoms with Gasteiger partial charge in [-0.25, -0.2) is 5.43 Å². The summed E-state index contributed by atoms with van der Waals surface area (Å²) in [5.41, 5.74) is 2.89. The van der Waals surface area contributed by atoms with E-state index >= 15 is 0 Å². The molecule has 0 aliphatic heterocycles. The molecular formula is C23H18ClF3N2O2S. The molecule has 0 bridgehead atoms. The van der Waals surface area contributed by atoms with Crippen LogP contribution in [0.2, 0.25) is 5.02 Å². The summed E-state index contributed by atoms with van der Waals surface area (Å²) >= 11 is 7.51. The standard InChI is InChI=1S/C23H18ClF3N2O2S/c24-19-9-11-20(12-10-19)32-15-17-3-1-2-4-21(17)31-14-22(30)29-28-13-16-5-7-18(8-6-16)23(25,26)27/h1-13H,14-15H2,(H,29,30)/b28-13+. The highest BCUT2D eigenvalue weighted by Gasteiger charge is 2.29. The van der Waals surface area contributed by atoms with Crippen molar-refractivity contribution >= 4 is 35.5 Å². The second kappa shape index (κ2) is 11.1. The minimum atomic E-state index is -4.40. The highest BCUT2D eigenvalue weighted by atomic mass is 35.5. The Labute approximate surface area is 192 Å². The highest BCUT2D eigenvalue weighted by Crippen LogP contribution is 2.29. The van der Waals surface area contributed by atoms with E-state index < -0.39 is 17.6 Å². The Balaban J connectivity index is 1.49. The van der Waals surface area contributed by atoms with Crippen LogP contribution < -0.4 is 10.2 Å². The maximum atomic E-state index is 12.6. The van der Waals surface area contributed by atoms with Crippen molar-refractivity contribution in [3.05, 3.63) is 94.5 Å². The van der Waals surface area contributed by atoms with Crippen LogP contribution in [0.1, 0.15) is 16.7 Å². The fourth-order valence-electron chi connectivity index (χ4n) is 2.57. The maximum absolute atomic E-state index is 12.6. The number of thioether (sulfide) groups is 1. The molecule has 0 aromatic heterocycles. The third-order valence-corrected chi connectivity index (χ3v) is 5.49. The van der Waals surface area contributed by atoms with Crippen LogP contribution in [0, 0.1) is 0 Å². The van der Waals surface area contributed by atoms with Crippen LogP contribution >= 0.6 is 23.4 Å². The van der Waals surface area contributed by atoms with E-state index in [1.807, 2.05) is 42.5 Å². The van der Waals surface area contributed by atoms with Crippen molar-refractivity contribution in [2.75, 3.05) is 6.61 Å². The minimum Gasteiger partial charge on any atom is -0.483 e. The number of amides is 1. The summed E-state index contributed by atoms with van der Waals surface area (Å²) in [6.45, 7) is -0.257. The summed E-state index contributed by atoms with van der Waals surface area (Å²) in [6, 6.07) is 19.3. The third kappa shape index (κ3) is 7.32. The van der Waals surface area contributed by atoms with Gasteiger partial charge in [0.25, 0.3) is 5.91 Å². The average Bonchev–Trinajstić information content (AvgIpc) is 2.77. The number of carbonyl (C=O) groups excluding carboxylic acids is 1. The van der Waals surface area contributed by atoms with Gasteiger partial charge in [0, 0.05) is 21.2 Å². The fourth-order valence-corrected chi connectivity index (χ4v) is 3.58. The maximum Gasteiger partial charge on any atom is 0.416 e. The summed E-state index contributed by atoms with van der Waals surface area (Å²) in [5.74, 6) is 0.732. The van der Waals surface area contributed by atoms with Gasteiger partial charge in [0.2, 0.25) is 0 Å². The molecule has 0 aliphatic carbocycles. The van der Waals surface area contributed by atoms with Gasteiger partial charge in [-0.05, 0) is 48.0 Å². The van der Waals surface area contributed by atoms with Crippen LogP contribution in [-0.2, 0) is 16.7 Å².